The predicted molar refractivity (Wildman–Crippen MR) is 54.7 cm³/mol. The summed E-state index contributed by atoms with van der Waals surface area (Å²) in [6.45, 7) is 0. The number of hydrogen-bond donors (Lipinski definition) is 2. The summed E-state index contributed by atoms with van der Waals surface area (Å²) in [6.07, 6.45) is 0. The first-order chi connectivity index (χ1) is 6.96. The molecule has 0 radical (unpaired) electrons. The molecule has 15 heavy (non-hydrogen) atoms. The summed E-state index contributed by atoms with van der Waals surface area (Å²) in [4.78, 5) is 9.89. The average Bonchev–Trinajstić information content (AvgIpc) is 2.18. The van der Waals surface area contributed by atoms with E-state index in [-0.39, 0.29) is 11.4 Å². The topological polar surface area (TPSA) is 101 Å². The summed E-state index contributed by atoms with van der Waals surface area (Å²) in [5.74, 6) is 0. The minimum Gasteiger partial charge on any atom is -0.264 e. The Labute approximate surface area is 86.4 Å². The van der Waals surface area contributed by atoms with Crippen molar-refractivity contribution in [2.45, 2.75) is 0 Å². The summed E-state index contributed by atoms with van der Waals surface area (Å²) < 4.78 is 26.2. The zero-order valence-corrected chi connectivity index (χ0v) is 8.61. The summed E-state index contributed by atoms with van der Waals surface area (Å²) in [5, 5.41) is 10.5. The van der Waals surface area contributed by atoms with Gasteiger partial charge >= 0.3 is 0 Å². The van der Waals surface area contributed by atoms with Crippen LogP contribution in [0.15, 0.2) is 24.3 Å². The molecule has 0 spiro atoms. The first-order valence-corrected chi connectivity index (χ1v) is 5.39. The molecule has 0 aromatic heterocycles. The lowest BCUT2D eigenvalue weighted by Crippen LogP contribution is -2.26. The maximum atomic E-state index is 11.1. The molecule has 7 nitrogen and oxygen atoms in total. The third-order valence-electron chi connectivity index (χ3n) is 1.61. The SMILES string of the molecule is CNS(=O)(=O)Nc1ccccc1[N+](=O)[O-]. The molecule has 0 atom stereocenters. The summed E-state index contributed by atoms with van der Waals surface area (Å²) in [6, 6.07) is 5.48. The molecule has 0 aliphatic heterocycles. The van der Waals surface area contributed by atoms with Crippen LogP contribution in [0.5, 0.6) is 0 Å². The standard InChI is InChI=1S/C7H9N3O4S/c1-8-15(13,14)9-6-4-2-3-5-7(6)10(11)12/h2-5,8-9H,1H3. The highest BCUT2D eigenvalue weighted by Gasteiger charge is 2.16. The van der Waals surface area contributed by atoms with E-state index in [2.05, 4.69) is 0 Å². The van der Waals surface area contributed by atoms with E-state index >= 15 is 0 Å². The number of nitro groups is 1. The number of nitro benzene ring substituents is 1. The van der Waals surface area contributed by atoms with Gasteiger partial charge in [0.25, 0.3) is 15.9 Å². The lowest BCUT2D eigenvalue weighted by molar-refractivity contribution is -0.383. The monoisotopic (exact) mass is 231 g/mol. The van der Waals surface area contributed by atoms with Gasteiger partial charge in [-0.1, -0.05) is 12.1 Å². The highest BCUT2D eigenvalue weighted by molar-refractivity contribution is 7.90. The smallest absolute Gasteiger partial charge is 0.264 e. The molecular weight excluding hydrogens is 222 g/mol. The average molecular weight is 231 g/mol. The van der Waals surface area contributed by atoms with Gasteiger partial charge in [0, 0.05) is 13.1 Å². The molecule has 0 amide bonds. The van der Waals surface area contributed by atoms with Gasteiger partial charge < -0.3 is 0 Å². The summed E-state index contributed by atoms with van der Waals surface area (Å²) in [7, 11) is -2.53. The Morgan fingerprint density at radius 1 is 1.33 bits per heavy atom. The number of para-hydroxylation sites is 2. The largest absolute Gasteiger partial charge is 0.299 e. The van der Waals surface area contributed by atoms with E-state index in [1.807, 2.05) is 9.44 Å². The molecule has 0 saturated heterocycles. The number of benzene rings is 1. The van der Waals surface area contributed by atoms with E-state index in [0.29, 0.717) is 0 Å². The third kappa shape index (κ3) is 2.89. The van der Waals surface area contributed by atoms with Crippen LogP contribution < -0.4 is 9.44 Å². The van der Waals surface area contributed by atoms with E-state index in [1.54, 1.807) is 0 Å². The Bertz CT molecular complexity index is 471. The van der Waals surface area contributed by atoms with Crippen LogP contribution in [-0.4, -0.2) is 20.4 Å². The quantitative estimate of drug-likeness (QED) is 0.580. The van der Waals surface area contributed by atoms with Crippen molar-refractivity contribution in [1.82, 2.24) is 4.72 Å². The number of nitrogens with one attached hydrogen (secondary N) is 2. The Hall–Kier alpha value is -1.67. The Kier molecular flexibility index (Phi) is 3.22. The van der Waals surface area contributed by atoms with Crippen molar-refractivity contribution in [2.24, 2.45) is 0 Å². The van der Waals surface area contributed by atoms with Gasteiger partial charge in [0.05, 0.1) is 4.92 Å². The molecule has 0 fully saturated rings. The fourth-order valence-electron chi connectivity index (χ4n) is 0.915. The number of rotatable bonds is 4. The number of nitrogens with zero attached hydrogens (tertiary/aromatic N) is 1. The molecule has 0 aliphatic rings. The summed E-state index contributed by atoms with van der Waals surface area (Å²) >= 11 is 0. The molecule has 0 unspecified atom stereocenters. The third-order valence-corrected chi connectivity index (χ3v) is 2.64. The molecule has 1 rings (SSSR count). The van der Waals surface area contributed by atoms with E-state index in [4.69, 9.17) is 0 Å². The van der Waals surface area contributed by atoms with Gasteiger partial charge in [0.15, 0.2) is 0 Å². The van der Waals surface area contributed by atoms with Crippen LogP contribution >= 0.6 is 0 Å². The van der Waals surface area contributed by atoms with E-state index < -0.39 is 15.1 Å². The molecule has 0 bridgehead atoms. The normalized spacial score (nSPS) is 11.0. The van der Waals surface area contributed by atoms with Crippen LogP contribution in [-0.2, 0) is 10.2 Å². The zero-order chi connectivity index (χ0) is 11.5. The van der Waals surface area contributed by atoms with Crippen molar-refractivity contribution < 1.29 is 13.3 Å². The van der Waals surface area contributed by atoms with Crippen LogP contribution in [0.4, 0.5) is 11.4 Å². The van der Waals surface area contributed by atoms with Crippen molar-refractivity contribution in [3.8, 4) is 0 Å². The molecule has 0 aliphatic carbocycles. The van der Waals surface area contributed by atoms with Gasteiger partial charge in [-0.25, -0.2) is 4.72 Å². The van der Waals surface area contributed by atoms with Gasteiger partial charge in [-0.3, -0.25) is 14.8 Å². The van der Waals surface area contributed by atoms with Crippen molar-refractivity contribution in [1.29, 1.82) is 0 Å². The van der Waals surface area contributed by atoms with Gasteiger partial charge in [0.2, 0.25) is 0 Å². The van der Waals surface area contributed by atoms with Crippen LogP contribution in [0.3, 0.4) is 0 Å². The first kappa shape index (κ1) is 11.4. The van der Waals surface area contributed by atoms with E-state index in [9.17, 15) is 18.5 Å². The maximum absolute atomic E-state index is 11.1. The minimum absolute atomic E-state index is 0.0724. The Balaban J connectivity index is 3.10. The zero-order valence-electron chi connectivity index (χ0n) is 7.80. The van der Waals surface area contributed by atoms with Gasteiger partial charge in [-0.05, 0) is 6.07 Å². The molecule has 2 N–H and O–H groups in total. The minimum atomic E-state index is -3.73. The van der Waals surface area contributed by atoms with Crippen molar-refractivity contribution in [3.63, 3.8) is 0 Å². The van der Waals surface area contributed by atoms with Gasteiger partial charge in [-0.15, -0.1) is 0 Å². The molecule has 1 aromatic carbocycles. The Morgan fingerprint density at radius 2 is 1.93 bits per heavy atom. The van der Waals surface area contributed by atoms with E-state index in [1.165, 1.54) is 31.3 Å². The first-order valence-electron chi connectivity index (χ1n) is 3.91. The van der Waals surface area contributed by atoms with Crippen LogP contribution in [0.1, 0.15) is 0 Å². The van der Waals surface area contributed by atoms with Crippen molar-refractivity contribution in [3.05, 3.63) is 34.4 Å². The molecule has 1 aromatic rings. The highest BCUT2D eigenvalue weighted by atomic mass is 32.2. The fraction of sp³-hybridized carbons (Fsp3) is 0.143. The van der Waals surface area contributed by atoms with Gasteiger partial charge in [-0.2, -0.15) is 8.42 Å². The number of hydrogen-bond acceptors (Lipinski definition) is 4. The lowest BCUT2D eigenvalue weighted by atomic mass is 10.3. The second kappa shape index (κ2) is 4.24. The molecule has 8 heteroatoms. The fourth-order valence-corrected chi connectivity index (χ4v) is 1.48. The second-order valence-electron chi connectivity index (χ2n) is 2.58. The molecule has 0 heterocycles. The molecular formula is C7H9N3O4S. The van der Waals surface area contributed by atoms with Crippen LogP contribution in [0.25, 0.3) is 0 Å². The Morgan fingerprint density at radius 3 is 2.47 bits per heavy atom. The van der Waals surface area contributed by atoms with E-state index in [0.717, 1.165) is 0 Å². The predicted octanol–water partition coefficient (Wildman–Crippen LogP) is 0.471. The van der Waals surface area contributed by atoms with Crippen molar-refractivity contribution in [2.75, 3.05) is 11.8 Å². The molecule has 0 saturated carbocycles. The number of anilines is 1. The highest BCUT2D eigenvalue weighted by Crippen LogP contribution is 2.23. The van der Waals surface area contributed by atoms with Gasteiger partial charge in [0.1, 0.15) is 5.69 Å². The summed E-state index contributed by atoms with van der Waals surface area (Å²) in [5.41, 5.74) is -0.367. The molecule has 82 valence electrons. The van der Waals surface area contributed by atoms with Crippen LogP contribution in [0.2, 0.25) is 0 Å². The lowest BCUT2D eigenvalue weighted by Gasteiger charge is -2.06. The second-order valence-corrected chi connectivity index (χ2v) is 4.20. The van der Waals surface area contributed by atoms with Crippen LogP contribution in [0, 0.1) is 10.1 Å². The maximum Gasteiger partial charge on any atom is 0.299 e. The van der Waals surface area contributed by atoms with Crippen molar-refractivity contribution >= 4 is 21.6 Å².